The van der Waals surface area contributed by atoms with E-state index in [1.54, 1.807) is 0 Å². The molecule has 0 aromatic rings. The minimum absolute atomic E-state index is 0.777. The van der Waals surface area contributed by atoms with Crippen molar-refractivity contribution in [3.8, 4) is 0 Å². The molecule has 0 radical (unpaired) electrons. The van der Waals surface area contributed by atoms with E-state index in [1.165, 1.54) is 37.4 Å². The van der Waals surface area contributed by atoms with E-state index in [2.05, 4.69) is 29.0 Å². The smallest absolute Gasteiger partial charge is 0.0209 e. The van der Waals surface area contributed by atoms with Crippen molar-refractivity contribution in [2.75, 3.05) is 31.6 Å². The van der Waals surface area contributed by atoms with E-state index in [0.29, 0.717) is 0 Å². The molecular weight excluding hydrogens is 168 g/mol. The maximum atomic E-state index is 3.75. The first-order chi connectivity index (χ1) is 5.84. The van der Waals surface area contributed by atoms with Crippen LogP contribution < -0.4 is 5.32 Å². The number of hydrogen-bond donors (Lipinski definition) is 1. The standard InChI is InChI=1S/C9H18N2S/c1-11-4-2-8(6-11)10-9-3-5-12-7-9/h8-10H,2-7H2,1H3/t8-,9+/m0/s1. The Morgan fingerprint density at radius 3 is 2.83 bits per heavy atom. The van der Waals surface area contributed by atoms with Crippen LogP contribution in [0, 0.1) is 0 Å². The number of rotatable bonds is 2. The fourth-order valence-electron chi connectivity index (χ4n) is 2.07. The monoisotopic (exact) mass is 186 g/mol. The molecule has 70 valence electrons. The van der Waals surface area contributed by atoms with Gasteiger partial charge in [-0.1, -0.05) is 0 Å². The maximum absolute atomic E-state index is 3.75. The Labute approximate surface area is 79.1 Å². The molecule has 2 rings (SSSR count). The van der Waals surface area contributed by atoms with Crippen molar-refractivity contribution in [2.45, 2.75) is 24.9 Å². The first-order valence-electron chi connectivity index (χ1n) is 4.87. The van der Waals surface area contributed by atoms with E-state index >= 15 is 0 Å². The molecule has 2 saturated heterocycles. The molecular formula is C9H18N2S. The molecule has 1 N–H and O–H groups in total. The lowest BCUT2D eigenvalue weighted by molar-refractivity contribution is 0.386. The molecule has 0 amide bonds. The van der Waals surface area contributed by atoms with Crippen LogP contribution in [0.15, 0.2) is 0 Å². The van der Waals surface area contributed by atoms with Crippen molar-refractivity contribution in [3.63, 3.8) is 0 Å². The molecule has 2 aliphatic heterocycles. The van der Waals surface area contributed by atoms with Crippen LogP contribution in [0.1, 0.15) is 12.8 Å². The SMILES string of the molecule is CN1CC[C@H](N[C@@H]2CCSC2)C1. The number of nitrogens with one attached hydrogen (secondary N) is 1. The topological polar surface area (TPSA) is 15.3 Å². The van der Waals surface area contributed by atoms with Crippen molar-refractivity contribution >= 4 is 11.8 Å². The summed E-state index contributed by atoms with van der Waals surface area (Å²) in [5.41, 5.74) is 0. The first kappa shape index (κ1) is 8.85. The van der Waals surface area contributed by atoms with Crippen LogP contribution in [0.25, 0.3) is 0 Å². The average molecular weight is 186 g/mol. The van der Waals surface area contributed by atoms with Crippen LogP contribution in [0.5, 0.6) is 0 Å². The molecule has 0 aliphatic carbocycles. The largest absolute Gasteiger partial charge is 0.309 e. The number of likely N-dealkylation sites (N-methyl/N-ethyl adjacent to an activating group) is 1. The van der Waals surface area contributed by atoms with E-state index in [4.69, 9.17) is 0 Å². The lowest BCUT2D eigenvalue weighted by atomic mass is 10.2. The number of likely N-dealkylation sites (tertiary alicyclic amines) is 1. The highest BCUT2D eigenvalue weighted by Gasteiger charge is 2.23. The highest BCUT2D eigenvalue weighted by molar-refractivity contribution is 7.99. The van der Waals surface area contributed by atoms with Gasteiger partial charge in [0.05, 0.1) is 0 Å². The minimum atomic E-state index is 0.777. The third-order valence-electron chi connectivity index (χ3n) is 2.79. The summed E-state index contributed by atoms with van der Waals surface area (Å²) in [6.07, 6.45) is 2.72. The van der Waals surface area contributed by atoms with Crippen LogP contribution in [-0.2, 0) is 0 Å². The lowest BCUT2D eigenvalue weighted by Gasteiger charge is -2.17. The van der Waals surface area contributed by atoms with Gasteiger partial charge in [-0.15, -0.1) is 0 Å². The van der Waals surface area contributed by atoms with Gasteiger partial charge in [-0.3, -0.25) is 0 Å². The van der Waals surface area contributed by atoms with Gasteiger partial charge in [-0.2, -0.15) is 11.8 Å². The second-order valence-corrected chi connectivity index (χ2v) is 5.12. The summed E-state index contributed by atoms with van der Waals surface area (Å²) in [5.74, 6) is 2.69. The molecule has 2 atom stereocenters. The van der Waals surface area contributed by atoms with Crippen molar-refractivity contribution < 1.29 is 0 Å². The predicted molar refractivity (Wildman–Crippen MR) is 54.8 cm³/mol. The number of nitrogens with zero attached hydrogens (tertiary/aromatic N) is 1. The zero-order chi connectivity index (χ0) is 8.39. The highest BCUT2D eigenvalue weighted by Crippen LogP contribution is 2.19. The van der Waals surface area contributed by atoms with Gasteiger partial charge < -0.3 is 10.2 Å². The first-order valence-corrected chi connectivity index (χ1v) is 6.02. The van der Waals surface area contributed by atoms with Gasteiger partial charge in [0.2, 0.25) is 0 Å². The highest BCUT2D eigenvalue weighted by atomic mass is 32.2. The van der Waals surface area contributed by atoms with E-state index in [1.807, 2.05) is 0 Å². The molecule has 3 heteroatoms. The maximum Gasteiger partial charge on any atom is 0.0209 e. The van der Waals surface area contributed by atoms with Gasteiger partial charge in [0.1, 0.15) is 0 Å². The average Bonchev–Trinajstić information content (AvgIpc) is 2.63. The molecule has 0 saturated carbocycles. The summed E-state index contributed by atoms with van der Waals surface area (Å²) in [5, 5.41) is 3.75. The molecule has 2 heterocycles. The fraction of sp³-hybridized carbons (Fsp3) is 1.00. The molecule has 2 fully saturated rings. The summed E-state index contributed by atoms with van der Waals surface area (Å²) in [6.45, 7) is 2.53. The number of thioether (sulfide) groups is 1. The summed E-state index contributed by atoms with van der Waals surface area (Å²) in [4.78, 5) is 2.42. The van der Waals surface area contributed by atoms with Gasteiger partial charge in [0.25, 0.3) is 0 Å². The van der Waals surface area contributed by atoms with Gasteiger partial charge in [0, 0.05) is 24.4 Å². The summed E-state index contributed by atoms with van der Waals surface area (Å²) in [6, 6.07) is 1.59. The second kappa shape index (κ2) is 3.99. The molecule has 0 aromatic heterocycles. The van der Waals surface area contributed by atoms with Crippen molar-refractivity contribution in [3.05, 3.63) is 0 Å². The third-order valence-corrected chi connectivity index (χ3v) is 3.95. The molecule has 0 unspecified atom stereocenters. The zero-order valence-electron chi connectivity index (χ0n) is 7.75. The zero-order valence-corrected chi connectivity index (χ0v) is 8.57. The van der Waals surface area contributed by atoms with E-state index in [0.717, 1.165) is 12.1 Å². The Hall–Kier alpha value is 0.270. The Kier molecular flexibility index (Phi) is 2.94. The summed E-state index contributed by atoms with van der Waals surface area (Å²) in [7, 11) is 2.21. The Morgan fingerprint density at radius 1 is 1.33 bits per heavy atom. The summed E-state index contributed by atoms with van der Waals surface area (Å²) >= 11 is 2.09. The lowest BCUT2D eigenvalue weighted by Crippen LogP contribution is -2.39. The van der Waals surface area contributed by atoms with Crippen LogP contribution in [0.4, 0.5) is 0 Å². The van der Waals surface area contributed by atoms with Crippen molar-refractivity contribution in [2.24, 2.45) is 0 Å². The third kappa shape index (κ3) is 2.15. The minimum Gasteiger partial charge on any atom is -0.309 e. The van der Waals surface area contributed by atoms with Gasteiger partial charge in [-0.05, 0) is 32.2 Å². The molecule has 0 aromatic carbocycles. The fourth-order valence-corrected chi connectivity index (χ4v) is 3.24. The van der Waals surface area contributed by atoms with E-state index in [9.17, 15) is 0 Å². The van der Waals surface area contributed by atoms with Crippen LogP contribution in [0.2, 0.25) is 0 Å². The van der Waals surface area contributed by atoms with Gasteiger partial charge >= 0.3 is 0 Å². The molecule has 2 aliphatic rings. The quantitative estimate of drug-likeness (QED) is 0.686. The van der Waals surface area contributed by atoms with Crippen LogP contribution >= 0.6 is 11.8 Å². The number of hydrogen-bond acceptors (Lipinski definition) is 3. The van der Waals surface area contributed by atoms with Crippen LogP contribution in [0.3, 0.4) is 0 Å². The Bertz CT molecular complexity index is 145. The van der Waals surface area contributed by atoms with Gasteiger partial charge in [-0.25, -0.2) is 0 Å². The molecule has 2 nitrogen and oxygen atoms in total. The molecule has 0 bridgehead atoms. The Morgan fingerprint density at radius 2 is 2.25 bits per heavy atom. The van der Waals surface area contributed by atoms with E-state index in [-0.39, 0.29) is 0 Å². The normalized spacial score (nSPS) is 37.8. The molecule has 12 heavy (non-hydrogen) atoms. The second-order valence-electron chi connectivity index (χ2n) is 3.98. The molecule has 0 spiro atoms. The Balaban J connectivity index is 1.72. The predicted octanol–water partition coefficient (Wildman–Crippen LogP) is 0.786. The van der Waals surface area contributed by atoms with Crippen LogP contribution in [-0.4, -0.2) is 48.6 Å². The van der Waals surface area contributed by atoms with Crippen molar-refractivity contribution in [1.82, 2.24) is 10.2 Å². The summed E-state index contributed by atoms with van der Waals surface area (Å²) < 4.78 is 0. The van der Waals surface area contributed by atoms with Gasteiger partial charge in [0.15, 0.2) is 0 Å². The van der Waals surface area contributed by atoms with E-state index < -0.39 is 0 Å². The van der Waals surface area contributed by atoms with Crippen molar-refractivity contribution in [1.29, 1.82) is 0 Å².